The van der Waals surface area contributed by atoms with E-state index >= 15 is 0 Å². The largest absolute Gasteiger partial charge is 0.524 e. The van der Waals surface area contributed by atoms with Crippen molar-refractivity contribution in [3.8, 4) is 17.2 Å². The molecule has 3 atom stereocenters. The molecule has 0 aromatic heterocycles. The van der Waals surface area contributed by atoms with Crippen LogP contribution in [0.25, 0.3) is 0 Å². The summed E-state index contributed by atoms with van der Waals surface area (Å²) in [4.78, 5) is 0.317. The zero-order valence-corrected chi connectivity index (χ0v) is 26.3. The smallest absolute Gasteiger partial charge is 0.463 e. The van der Waals surface area contributed by atoms with Crippen molar-refractivity contribution in [3.05, 3.63) is 111 Å². The van der Waals surface area contributed by atoms with Gasteiger partial charge in [-0.1, -0.05) is 19.7 Å². The van der Waals surface area contributed by atoms with Gasteiger partial charge in [-0.2, -0.15) is 25.2 Å². The third-order valence-corrected chi connectivity index (χ3v) is 10.6. The molecule has 0 saturated carbocycles. The van der Waals surface area contributed by atoms with E-state index < -0.39 is 44.8 Å². The highest BCUT2D eigenvalue weighted by Gasteiger charge is 2.52. The Morgan fingerprint density at radius 1 is 0.578 bits per heavy atom. The Morgan fingerprint density at radius 3 is 1.07 bits per heavy atom. The van der Waals surface area contributed by atoms with Crippen LogP contribution in [0.15, 0.2) is 126 Å². The molecule has 0 aliphatic heterocycles. The van der Waals surface area contributed by atoms with E-state index in [0.29, 0.717) is 17.2 Å². The first-order valence-corrected chi connectivity index (χ1v) is 16.2. The molecule has 0 aliphatic rings. The van der Waals surface area contributed by atoms with Gasteiger partial charge in [0.15, 0.2) is 0 Å². The molecule has 14 heteroatoms. The summed E-state index contributed by atoms with van der Waals surface area (Å²) in [5.74, 6) is 0.875. The molecule has 0 radical (unpaired) electrons. The van der Waals surface area contributed by atoms with Gasteiger partial charge >= 0.3 is 15.6 Å². The fourth-order valence-electron chi connectivity index (χ4n) is 3.89. The molecule has 45 heavy (non-hydrogen) atoms. The first kappa shape index (κ1) is 35.2. The monoisotopic (exact) mass is 670 g/mol. The first-order valence-electron chi connectivity index (χ1n) is 13.2. The van der Waals surface area contributed by atoms with Crippen molar-refractivity contribution in [1.82, 2.24) is 0 Å². The van der Waals surface area contributed by atoms with Crippen LogP contribution >= 0.6 is 10.3 Å². The van der Waals surface area contributed by atoms with Crippen LogP contribution in [0.4, 0.5) is 13.2 Å². The van der Waals surface area contributed by atoms with Crippen molar-refractivity contribution in [3.63, 3.8) is 0 Å². The molecule has 0 saturated heterocycles. The number of benzene rings is 3. The van der Waals surface area contributed by atoms with Crippen LogP contribution in [-0.4, -0.2) is 32.8 Å². The number of rotatable bonds is 17. The molecule has 0 N–H and O–H groups in total. The lowest BCUT2D eigenvalue weighted by atomic mass is 10.3. The van der Waals surface area contributed by atoms with Gasteiger partial charge in [-0.3, -0.25) is 0 Å². The maximum Gasteiger partial charge on any atom is 0.524 e. The molecule has 244 valence electrons. The average Bonchev–Trinajstić information content (AvgIpc) is 2.97. The molecular formula is C31H33F3O9S2. The van der Waals surface area contributed by atoms with E-state index in [0.717, 1.165) is 0 Å². The standard InChI is InChI=1S/C31H33F3O9S2/c1-7-37-22(4)40-25-10-16-28(17-11-25)44(43-45(35,36)31(32,33)34,29-18-12-26(13-19-29)41-23(5)38-8-2)30-20-14-27(15-21-30)42-24(6)39-9-3/h7-24H,1-3H2,4-6H3. The third kappa shape index (κ3) is 8.90. The van der Waals surface area contributed by atoms with Crippen LogP contribution in [0.3, 0.4) is 0 Å². The second kappa shape index (κ2) is 15.1. The van der Waals surface area contributed by atoms with Gasteiger partial charge in [0.05, 0.1) is 18.8 Å². The van der Waals surface area contributed by atoms with Crippen molar-refractivity contribution in [2.45, 2.75) is 59.8 Å². The van der Waals surface area contributed by atoms with Gasteiger partial charge in [0.25, 0.3) is 0 Å². The molecule has 0 fully saturated rings. The summed E-state index contributed by atoms with van der Waals surface area (Å²) in [6, 6.07) is 17.3. The number of ether oxygens (including phenoxy) is 6. The number of hydrogen-bond donors (Lipinski definition) is 0. The molecular weight excluding hydrogens is 637 g/mol. The van der Waals surface area contributed by atoms with Gasteiger partial charge in [-0.05, 0) is 83.1 Å². The molecule has 0 heterocycles. The topological polar surface area (TPSA) is 98.8 Å². The minimum absolute atomic E-state index is 0.106. The van der Waals surface area contributed by atoms with E-state index in [1.54, 1.807) is 20.8 Å². The van der Waals surface area contributed by atoms with E-state index in [1.807, 2.05) is 0 Å². The molecule has 0 bridgehead atoms. The fourth-order valence-corrected chi connectivity index (χ4v) is 8.59. The Bertz CT molecular complexity index is 1380. The van der Waals surface area contributed by atoms with E-state index in [9.17, 15) is 21.6 Å². The second-order valence-electron chi connectivity index (χ2n) is 8.90. The average molecular weight is 671 g/mol. The van der Waals surface area contributed by atoms with Crippen LogP contribution in [-0.2, 0) is 28.0 Å². The van der Waals surface area contributed by atoms with E-state index in [2.05, 4.69) is 19.7 Å². The van der Waals surface area contributed by atoms with Gasteiger partial charge in [0.2, 0.25) is 18.9 Å². The molecule has 0 aliphatic carbocycles. The summed E-state index contributed by atoms with van der Waals surface area (Å²) in [5, 5.41) is 0. The number of alkyl halides is 3. The summed E-state index contributed by atoms with van der Waals surface area (Å²) in [6.07, 6.45) is 1.39. The summed E-state index contributed by atoms with van der Waals surface area (Å²) in [6.45, 7) is 15.2. The second-order valence-corrected chi connectivity index (χ2v) is 13.3. The minimum atomic E-state index is -6.16. The van der Waals surface area contributed by atoms with Crippen molar-refractivity contribution < 1.29 is 53.6 Å². The Hall–Kier alpha value is -4.27. The van der Waals surface area contributed by atoms with Crippen LogP contribution in [0.1, 0.15) is 20.8 Å². The van der Waals surface area contributed by atoms with Gasteiger partial charge in [0, 0.05) is 35.5 Å². The minimum Gasteiger partial charge on any atom is -0.463 e. The maximum absolute atomic E-state index is 13.9. The van der Waals surface area contributed by atoms with E-state index in [4.69, 9.17) is 32.1 Å². The first-order chi connectivity index (χ1) is 21.2. The van der Waals surface area contributed by atoms with Crippen LogP contribution in [0.2, 0.25) is 0 Å². The van der Waals surface area contributed by atoms with Crippen molar-refractivity contribution in [1.29, 1.82) is 0 Å². The molecule has 3 unspecified atom stereocenters. The highest BCUT2D eigenvalue weighted by molar-refractivity contribution is 8.33. The predicted octanol–water partition coefficient (Wildman–Crippen LogP) is 8.40. The summed E-state index contributed by atoms with van der Waals surface area (Å²) in [7, 11) is -9.82. The molecule has 3 aromatic carbocycles. The molecule has 3 rings (SSSR count). The molecule has 0 spiro atoms. The van der Waals surface area contributed by atoms with Gasteiger partial charge in [-0.15, -0.1) is 0 Å². The van der Waals surface area contributed by atoms with Crippen LogP contribution < -0.4 is 14.2 Å². The van der Waals surface area contributed by atoms with E-state index in [-0.39, 0.29) is 14.7 Å². The molecule has 0 amide bonds. The van der Waals surface area contributed by atoms with Crippen LogP contribution in [0.5, 0.6) is 17.2 Å². The van der Waals surface area contributed by atoms with Gasteiger partial charge in [-0.25, -0.2) is 0 Å². The fraction of sp³-hybridized carbons (Fsp3) is 0.226. The Morgan fingerprint density at radius 2 is 0.844 bits per heavy atom. The highest BCUT2D eigenvalue weighted by atomic mass is 32.3. The summed E-state index contributed by atoms with van der Waals surface area (Å²) >= 11 is 0. The zero-order valence-electron chi connectivity index (χ0n) is 24.6. The lowest BCUT2D eigenvalue weighted by molar-refractivity contribution is -0.0496. The third-order valence-electron chi connectivity index (χ3n) is 5.71. The summed E-state index contributed by atoms with van der Waals surface area (Å²) < 4.78 is 105. The van der Waals surface area contributed by atoms with Gasteiger partial charge in [0.1, 0.15) is 17.2 Å². The number of halogens is 3. The predicted molar refractivity (Wildman–Crippen MR) is 162 cm³/mol. The molecule has 9 nitrogen and oxygen atoms in total. The maximum atomic E-state index is 13.9. The lowest BCUT2D eigenvalue weighted by Crippen LogP contribution is -2.27. The Balaban J connectivity index is 2.25. The van der Waals surface area contributed by atoms with Gasteiger partial charge < -0.3 is 28.4 Å². The summed E-state index contributed by atoms with van der Waals surface area (Å²) in [5.41, 5.74) is -5.73. The van der Waals surface area contributed by atoms with Crippen LogP contribution in [0, 0.1) is 0 Å². The SMILES string of the molecule is C=COC(C)Oc1ccc(S(OS(=O)(=O)C(F)(F)F)(c2ccc(OC(C)OC=C)cc2)c2ccc(OC(C)OC=C)cc2)cc1. The lowest BCUT2D eigenvalue weighted by Gasteiger charge is -2.39. The Labute approximate surface area is 262 Å². The van der Waals surface area contributed by atoms with E-state index in [1.165, 1.54) is 91.6 Å². The zero-order chi connectivity index (χ0) is 33.3. The Kier molecular flexibility index (Phi) is 11.9. The highest BCUT2D eigenvalue weighted by Crippen LogP contribution is 2.71. The van der Waals surface area contributed by atoms with Crippen molar-refractivity contribution in [2.75, 3.05) is 0 Å². The normalized spacial score (nSPS) is 15.6. The van der Waals surface area contributed by atoms with Crippen molar-refractivity contribution in [2.24, 2.45) is 0 Å². The number of hydrogen-bond acceptors (Lipinski definition) is 9. The quantitative estimate of drug-likeness (QED) is 0.0797. The van der Waals surface area contributed by atoms with Crippen molar-refractivity contribution >= 4 is 20.4 Å². The molecule has 3 aromatic rings.